The molecule has 15 nitrogen and oxygen atoms in total. The van der Waals surface area contributed by atoms with Crippen LogP contribution in [0.1, 0.15) is 44.4 Å². The third kappa shape index (κ3) is 11.8. The number of rotatable bonds is 17. The number of hydrogen-bond acceptors (Lipinski definition) is 8. The lowest BCUT2D eigenvalue weighted by molar-refractivity contribution is -0.142. The number of carbonyl (C=O) groups excluding carboxylic acids is 3. The van der Waals surface area contributed by atoms with Crippen LogP contribution in [0.4, 0.5) is 0 Å². The highest BCUT2D eigenvalue weighted by Gasteiger charge is 2.31. The number of carboxylic acid groups (broad SMARTS) is 1. The molecule has 3 amide bonds. The van der Waals surface area contributed by atoms with Crippen molar-refractivity contribution in [1.82, 2.24) is 25.9 Å². The zero-order chi connectivity index (χ0) is 31.2. The van der Waals surface area contributed by atoms with Gasteiger partial charge in [0.2, 0.25) is 17.7 Å². The Morgan fingerprint density at radius 1 is 0.952 bits per heavy atom. The molecular formula is C27H41N9O6. The predicted octanol–water partition coefficient (Wildman–Crippen LogP) is -1.13. The zero-order valence-corrected chi connectivity index (χ0v) is 23.7. The molecule has 0 fully saturated rings. The number of nitrogens with zero attached hydrogens (tertiary/aromatic N) is 2. The SMILES string of the molecule is CC(C)CC(NC(=O)C(Cc1ccc(O)cc1)NC(=O)C(Cc1cnc[nH]1)NC(=O)C(N)CCCN=C(N)N)C(=O)O. The first-order valence-corrected chi connectivity index (χ1v) is 13.6. The van der Waals surface area contributed by atoms with Crippen molar-refractivity contribution in [3.63, 3.8) is 0 Å². The number of carboxylic acids is 1. The van der Waals surface area contributed by atoms with E-state index in [9.17, 15) is 29.4 Å². The predicted molar refractivity (Wildman–Crippen MR) is 155 cm³/mol. The van der Waals surface area contributed by atoms with E-state index in [1.165, 1.54) is 24.7 Å². The van der Waals surface area contributed by atoms with Gasteiger partial charge < -0.3 is 48.3 Å². The molecule has 4 unspecified atom stereocenters. The molecule has 0 saturated carbocycles. The van der Waals surface area contributed by atoms with Crippen LogP contribution in [0.5, 0.6) is 5.75 Å². The van der Waals surface area contributed by atoms with E-state index in [1.54, 1.807) is 12.1 Å². The Kier molecular flexibility index (Phi) is 13.2. The quantitative estimate of drug-likeness (QED) is 0.0610. The smallest absolute Gasteiger partial charge is 0.326 e. The normalized spacial score (nSPS) is 13.8. The fourth-order valence-corrected chi connectivity index (χ4v) is 4.07. The number of aromatic nitrogens is 2. The molecule has 0 spiro atoms. The molecule has 42 heavy (non-hydrogen) atoms. The van der Waals surface area contributed by atoms with E-state index < -0.39 is 47.9 Å². The Morgan fingerprint density at radius 2 is 1.55 bits per heavy atom. The lowest BCUT2D eigenvalue weighted by Crippen LogP contribution is -2.58. The first-order valence-electron chi connectivity index (χ1n) is 13.6. The maximum absolute atomic E-state index is 13.5. The average molecular weight is 588 g/mol. The topological polar surface area (TPSA) is 264 Å². The van der Waals surface area contributed by atoms with Crippen molar-refractivity contribution in [3.8, 4) is 5.75 Å². The van der Waals surface area contributed by atoms with Crippen LogP contribution in [-0.4, -0.2) is 80.5 Å². The van der Waals surface area contributed by atoms with Crippen LogP contribution in [0.3, 0.4) is 0 Å². The third-order valence-corrected chi connectivity index (χ3v) is 6.25. The number of nitrogens with two attached hydrogens (primary N) is 3. The molecule has 0 aliphatic heterocycles. The van der Waals surface area contributed by atoms with E-state index >= 15 is 0 Å². The van der Waals surface area contributed by atoms with Crippen molar-refractivity contribution in [2.75, 3.05) is 6.54 Å². The Morgan fingerprint density at radius 3 is 2.10 bits per heavy atom. The molecule has 4 atom stereocenters. The summed E-state index contributed by atoms with van der Waals surface area (Å²) in [4.78, 5) is 62.2. The van der Waals surface area contributed by atoms with Crippen molar-refractivity contribution < 1.29 is 29.4 Å². The van der Waals surface area contributed by atoms with Crippen LogP contribution in [0, 0.1) is 5.92 Å². The number of phenolic OH excluding ortho intramolecular Hbond substituents is 1. The first kappa shape index (κ1) is 33.5. The molecule has 0 aliphatic carbocycles. The van der Waals surface area contributed by atoms with Gasteiger partial charge >= 0.3 is 5.97 Å². The summed E-state index contributed by atoms with van der Waals surface area (Å²) in [6, 6.07) is 1.54. The Hall–Kier alpha value is -4.66. The highest BCUT2D eigenvalue weighted by molar-refractivity contribution is 5.94. The third-order valence-electron chi connectivity index (χ3n) is 6.25. The minimum atomic E-state index is -1.20. The van der Waals surface area contributed by atoms with Crippen LogP contribution in [0.2, 0.25) is 0 Å². The second-order valence-electron chi connectivity index (χ2n) is 10.4. The second kappa shape index (κ2) is 16.6. The van der Waals surface area contributed by atoms with Gasteiger partial charge in [0.25, 0.3) is 0 Å². The summed E-state index contributed by atoms with van der Waals surface area (Å²) < 4.78 is 0. The van der Waals surface area contributed by atoms with E-state index in [-0.39, 0.29) is 49.9 Å². The lowest BCUT2D eigenvalue weighted by atomic mass is 10.0. The fraction of sp³-hybridized carbons (Fsp3) is 0.481. The van der Waals surface area contributed by atoms with Crippen LogP contribution >= 0.6 is 0 Å². The number of guanidine groups is 1. The number of H-pyrrole nitrogens is 1. The molecule has 1 aromatic carbocycles. The van der Waals surface area contributed by atoms with Gasteiger partial charge in [-0.1, -0.05) is 26.0 Å². The van der Waals surface area contributed by atoms with E-state index in [4.69, 9.17) is 17.2 Å². The fourth-order valence-electron chi connectivity index (χ4n) is 4.07. The van der Waals surface area contributed by atoms with Gasteiger partial charge in [-0.3, -0.25) is 19.4 Å². The van der Waals surface area contributed by atoms with E-state index in [1.807, 2.05) is 13.8 Å². The van der Waals surface area contributed by atoms with Gasteiger partial charge in [-0.2, -0.15) is 0 Å². The molecule has 2 rings (SSSR count). The molecule has 0 saturated heterocycles. The largest absolute Gasteiger partial charge is 0.508 e. The molecule has 15 heteroatoms. The minimum absolute atomic E-state index is 0.0109. The number of aliphatic imine (C=N–C) groups is 1. The van der Waals surface area contributed by atoms with Gasteiger partial charge in [0.05, 0.1) is 12.4 Å². The van der Waals surface area contributed by atoms with Crippen LogP contribution in [-0.2, 0) is 32.0 Å². The van der Waals surface area contributed by atoms with Crippen molar-refractivity contribution in [1.29, 1.82) is 0 Å². The zero-order valence-electron chi connectivity index (χ0n) is 23.7. The number of carbonyl (C=O) groups is 4. The average Bonchev–Trinajstić information content (AvgIpc) is 3.43. The monoisotopic (exact) mass is 587 g/mol. The number of amides is 3. The maximum atomic E-state index is 13.5. The number of nitrogens with one attached hydrogen (secondary N) is 4. The summed E-state index contributed by atoms with van der Waals surface area (Å²) in [7, 11) is 0. The number of aliphatic carboxylic acids is 1. The molecule has 0 radical (unpaired) electrons. The van der Waals surface area contributed by atoms with Crippen molar-refractivity contribution in [3.05, 3.63) is 48.0 Å². The van der Waals surface area contributed by atoms with E-state index in [2.05, 4.69) is 30.9 Å². The summed E-state index contributed by atoms with van der Waals surface area (Å²) in [5, 5.41) is 27.1. The number of imidazole rings is 1. The number of hydrogen-bond donors (Lipinski definition) is 9. The Balaban J connectivity index is 2.24. The highest BCUT2D eigenvalue weighted by Crippen LogP contribution is 2.13. The maximum Gasteiger partial charge on any atom is 0.326 e. The van der Waals surface area contributed by atoms with Gasteiger partial charge in [0, 0.05) is 31.3 Å². The van der Waals surface area contributed by atoms with E-state index in [0.717, 1.165) is 0 Å². The highest BCUT2D eigenvalue weighted by atomic mass is 16.4. The summed E-state index contributed by atoms with van der Waals surface area (Å²) in [5.41, 5.74) is 17.8. The van der Waals surface area contributed by atoms with Gasteiger partial charge in [0.1, 0.15) is 23.9 Å². The Labute approximate surface area is 243 Å². The number of phenols is 1. The van der Waals surface area contributed by atoms with Gasteiger partial charge in [-0.05, 0) is 42.9 Å². The standard InChI is InChI=1S/C27H41N9O6/c1-15(2)10-22(26(41)42)36-24(39)20(11-16-5-7-18(37)8-6-16)35-25(40)21(12-17-13-31-14-33-17)34-23(38)19(28)4-3-9-32-27(29)30/h5-8,13-15,19-22,37H,3-4,9-12,28H2,1-2H3,(H,31,33)(H,34,38)(H,35,40)(H,36,39)(H,41,42)(H4,29,30,32). The first-order chi connectivity index (χ1) is 19.8. The van der Waals surface area contributed by atoms with Crippen LogP contribution in [0.25, 0.3) is 0 Å². The van der Waals surface area contributed by atoms with Crippen molar-refractivity contribution in [2.45, 2.75) is 70.1 Å². The molecule has 12 N–H and O–H groups in total. The van der Waals surface area contributed by atoms with Gasteiger partial charge in [0.15, 0.2) is 5.96 Å². The molecule has 230 valence electrons. The number of aromatic hydroxyl groups is 1. The van der Waals surface area contributed by atoms with E-state index in [0.29, 0.717) is 17.7 Å². The summed E-state index contributed by atoms with van der Waals surface area (Å²) in [6.07, 6.45) is 3.77. The molecule has 1 aromatic heterocycles. The molecule has 2 aromatic rings. The molecule has 1 heterocycles. The molecule has 0 aliphatic rings. The lowest BCUT2D eigenvalue weighted by Gasteiger charge is -2.25. The summed E-state index contributed by atoms with van der Waals surface area (Å²) in [5.74, 6) is -3.29. The summed E-state index contributed by atoms with van der Waals surface area (Å²) in [6.45, 7) is 3.93. The second-order valence-corrected chi connectivity index (χ2v) is 10.4. The van der Waals surface area contributed by atoms with Crippen LogP contribution in [0.15, 0.2) is 41.8 Å². The summed E-state index contributed by atoms with van der Waals surface area (Å²) >= 11 is 0. The van der Waals surface area contributed by atoms with Crippen molar-refractivity contribution in [2.24, 2.45) is 28.1 Å². The molecular weight excluding hydrogens is 546 g/mol. The number of benzene rings is 1. The van der Waals surface area contributed by atoms with Gasteiger partial charge in [-0.15, -0.1) is 0 Å². The van der Waals surface area contributed by atoms with Crippen LogP contribution < -0.4 is 33.2 Å². The molecule has 0 bridgehead atoms. The minimum Gasteiger partial charge on any atom is -0.508 e. The Bertz CT molecular complexity index is 1200. The van der Waals surface area contributed by atoms with Gasteiger partial charge in [-0.25, -0.2) is 9.78 Å². The number of aromatic amines is 1. The van der Waals surface area contributed by atoms with Crippen molar-refractivity contribution >= 4 is 29.7 Å².